The second kappa shape index (κ2) is 9.51. The molecule has 0 heterocycles. The van der Waals surface area contributed by atoms with Gasteiger partial charge in [0.1, 0.15) is 18.2 Å². The lowest BCUT2D eigenvalue weighted by molar-refractivity contribution is -0.157. The monoisotopic (exact) mass is 351 g/mol. The first-order chi connectivity index (χ1) is 11.7. The Hall–Kier alpha value is -2.77. The summed E-state index contributed by atoms with van der Waals surface area (Å²) in [5.41, 5.74) is 5.11. The fourth-order valence-electron chi connectivity index (χ4n) is 1.87. The highest BCUT2D eigenvalue weighted by molar-refractivity contribution is 5.81. The van der Waals surface area contributed by atoms with Crippen LogP contribution in [0.4, 0.5) is 9.59 Å². The van der Waals surface area contributed by atoms with Crippen molar-refractivity contribution in [1.82, 2.24) is 10.6 Å². The van der Waals surface area contributed by atoms with E-state index in [-0.39, 0.29) is 19.6 Å². The molecule has 0 unspecified atom stereocenters. The molecule has 0 saturated carbocycles. The first kappa shape index (κ1) is 20.3. The minimum atomic E-state index is -0.964. The van der Waals surface area contributed by atoms with Crippen LogP contribution in [0.15, 0.2) is 30.3 Å². The second-order valence-corrected chi connectivity index (χ2v) is 6.37. The van der Waals surface area contributed by atoms with Crippen molar-refractivity contribution >= 4 is 18.1 Å². The van der Waals surface area contributed by atoms with Crippen LogP contribution < -0.4 is 16.4 Å². The Morgan fingerprint density at radius 1 is 1.16 bits per heavy atom. The van der Waals surface area contributed by atoms with Gasteiger partial charge in [-0.05, 0) is 32.8 Å². The topological polar surface area (TPSA) is 120 Å². The molecule has 0 radical (unpaired) electrons. The predicted octanol–water partition coefficient (Wildman–Crippen LogP) is 1.68. The van der Waals surface area contributed by atoms with E-state index in [1.807, 2.05) is 30.3 Å². The van der Waals surface area contributed by atoms with E-state index >= 15 is 0 Å². The summed E-state index contributed by atoms with van der Waals surface area (Å²) in [5, 5.41) is 4.82. The molecule has 138 valence electrons. The highest BCUT2D eigenvalue weighted by Gasteiger charge is 2.27. The van der Waals surface area contributed by atoms with Gasteiger partial charge >= 0.3 is 18.1 Å². The van der Waals surface area contributed by atoms with Crippen LogP contribution in [0.1, 0.15) is 32.8 Å². The number of hydrogen-bond donors (Lipinski definition) is 3. The van der Waals surface area contributed by atoms with Crippen molar-refractivity contribution < 1.29 is 23.9 Å². The van der Waals surface area contributed by atoms with Gasteiger partial charge in [-0.3, -0.25) is 0 Å². The third-order valence-electron chi connectivity index (χ3n) is 2.93. The fourth-order valence-corrected chi connectivity index (χ4v) is 1.87. The number of urea groups is 1. The van der Waals surface area contributed by atoms with Crippen molar-refractivity contribution in [3.05, 3.63) is 35.9 Å². The van der Waals surface area contributed by atoms with Crippen LogP contribution >= 0.6 is 0 Å². The van der Waals surface area contributed by atoms with Gasteiger partial charge in [-0.25, -0.2) is 14.4 Å². The Balaban J connectivity index is 2.59. The molecular formula is C17H25N3O5. The van der Waals surface area contributed by atoms with E-state index in [9.17, 15) is 14.4 Å². The number of rotatable bonds is 7. The quantitative estimate of drug-likeness (QED) is 0.646. The Kier molecular flexibility index (Phi) is 7.71. The lowest BCUT2D eigenvalue weighted by Crippen LogP contribution is -2.46. The van der Waals surface area contributed by atoms with E-state index in [1.165, 1.54) is 0 Å². The molecule has 0 aliphatic heterocycles. The number of nitrogens with one attached hydrogen (secondary N) is 2. The van der Waals surface area contributed by atoms with Crippen LogP contribution in [0.25, 0.3) is 0 Å². The van der Waals surface area contributed by atoms with Crippen molar-refractivity contribution in [2.45, 2.75) is 45.4 Å². The van der Waals surface area contributed by atoms with Crippen LogP contribution in [-0.2, 0) is 20.9 Å². The zero-order chi connectivity index (χ0) is 18.9. The Labute approximate surface area is 147 Å². The Morgan fingerprint density at radius 3 is 2.36 bits per heavy atom. The van der Waals surface area contributed by atoms with E-state index in [4.69, 9.17) is 15.2 Å². The summed E-state index contributed by atoms with van der Waals surface area (Å²) in [6, 6.07) is 7.47. The molecule has 1 atom stereocenters. The zero-order valence-corrected chi connectivity index (χ0v) is 14.7. The van der Waals surface area contributed by atoms with Crippen molar-refractivity contribution in [3.63, 3.8) is 0 Å². The molecule has 0 aromatic heterocycles. The summed E-state index contributed by atoms with van der Waals surface area (Å²) in [5.74, 6) is -0.615. The van der Waals surface area contributed by atoms with Crippen LogP contribution in [-0.4, -0.2) is 36.3 Å². The molecule has 0 saturated heterocycles. The maximum atomic E-state index is 12.2. The zero-order valence-electron chi connectivity index (χ0n) is 14.7. The van der Waals surface area contributed by atoms with Crippen LogP contribution in [0.2, 0.25) is 0 Å². The molecule has 0 spiro atoms. The Bertz CT molecular complexity index is 584. The molecule has 0 aliphatic carbocycles. The minimum absolute atomic E-state index is 0.0766. The third kappa shape index (κ3) is 9.19. The summed E-state index contributed by atoms with van der Waals surface area (Å²) in [4.78, 5) is 34.9. The third-order valence-corrected chi connectivity index (χ3v) is 2.93. The molecule has 8 nitrogen and oxygen atoms in total. The number of amides is 3. The summed E-state index contributed by atoms with van der Waals surface area (Å²) < 4.78 is 10.4. The predicted molar refractivity (Wildman–Crippen MR) is 91.6 cm³/mol. The SMILES string of the molecule is CC(C)(C)OC(=O)[C@H](CCNC(N)=O)NC(=O)OCc1ccccc1. The van der Waals surface area contributed by atoms with Crippen molar-refractivity contribution in [2.24, 2.45) is 5.73 Å². The van der Waals surface area contributed by atoms with Gasteiger partial charge in [-0.2, -0.15) is 0 Å². The Morgan fingerprint density at radius 2 is 1.80 bits per heavy atom. The standard InChI is InChI=1S/C17H25N3O5/c1-17(2,3)25-14(21)13(9-10-19-15(18)22)20-16(23)24-11-12-7-5-4-6-8-12/h4-8,13H,9-11H2,1-3H3,(H,20,23)(H3,18,19,22)/t13-/m0/s1. The second-order valence-electron chi connectivity index (χ2n) is 6.37. The number of hydrogen-bond acceptors (Lipinski definition) is 5. The molecule has 1 aromatic carbocycles. The first-order valence-corrected chi connectivity index (χ1v) is 7.91. The lowest BCUT2D eigenvalue weighted by atomic mass is 10.1. The van der Waals surface area contributed by atoms with Gasteiger partial charge in [0.2, 0.25) is 0 Å². The molecule has 1 aromatic rings. The van der Waals surface area contributed by atoms with Gasteiger partial charge in [-0.15, -0.1) is 0 Å². The molecule has 4 N–H and O–H groups in total. The van der Waals surface area contributed by atoms with Gasteiger partial charge in [-0.1, -0.05) is 30.3 Å². The highest BCUT2D eigenvalue weighted by atomic mass is 16.6. The number of esters is 1. The fraction of sp³-hybridized carbons (Fsp3) is 0.471. The number of benzene rings is 1. The average Bonchev–Trinajstić information content (AvgIpc) is 2.51. The van der Waals surface area contributed by atoms with Gasteiger partial charge in [0.15, 0.2) is 0 Å². The molecule has 1 rings (SSSR count). The summed E-state index contributed by atoms with van der Waals surface area (Å²) in [7, 11) is 0. The molecule has 0 fully saturated rings. The van der Waals surface area contributed by atoms with E-state index in [0.717, 1.165) is 5.56 Å². The van der Waals surface area contributed by atoms with Gasteiger partial charge in [0.05, 0.1) is 0 Å². The molecule has 0 bridgehead atoms. The maximum Gasteiger partial charge on any atom is 0.408 e. The summed E-state index contributed by atoms with van der Waals surface area (Å²) in [6.07, 6.45) is -0.628. The smallest absolute Gasteiger partial charge is 0.408 e. The van der Waals surface area contributed by atoms with Crippen molar-refractivity contribution in [1.29, 1.82) is 0 Å². The van der Waals surface area contributed by atoms with Crippen molar-refractivity contribution in [3.8, 4) is 0 Å². The van der Waals surface area contributed by atoms with Gasteiger partial charge in [0, 0.05) is 6.54 Å². The summed E-state index contributed by atoms with van der Waals surface area (Å²) >= 11 is 0. The number of alkyl carbamates (subject to hydrolysis) is 1. The van der Waals surface area contributed by atoms with Crippen LogP contribution in [0.3, 0.4) is 0 Å². The largest absolute Gasteiger partial charge is 0.458 e. The van der Waals surface area contributed by atoms with E-state index in [2.05, 4.69) is 10.6 Å². The first-order valence-electron chi connectivity index (χ1n) is 7.91. The average molecular weight is 351 g/mol. The molecular weight excluding hydrogens is 326 g/mol. The molecule has 3 amide bonds. The molecule has 8 heteroatoms. The number of carbonyl (C=O) groups excluding carboxylic acids is 3. The molecule has 25 heavy (non-hydrogen) atoms. The van der Waals surface area contributed by atoms with Crippen LogP contribution in [0.5, 0.6) is 0 Å². The van der Waals surface area contributed by atoms with Gasteiger partial charge in [0.25, 0.3) is 0 Å². The van der Waals surface area contributed by atoms with E-state index in [1.54, 1.807) is 20.8 Å². The highest BCUT2D eigenvalue weighted by Crippen LogP contribution is 2.10. The van der Waals surface area contributed by atoms with Crippen molar-refractivity contribution in [2.75, 3.05) is 6.54 Å². The number of nitrogens with two attached hydrogens (primary N) is 1. The lowest BCUT2D eigenvalue weighted by Gasteiger charge is -2.24. The maximum absolute atomic E-state index is 12.2. The number of primary amides is 1. The molecule has 0 aliphatic rings. The van der Waals surface area contributed by atoms with Gasteiger partial charge < -0.3 is 25.8 Å². The van der Waals surface area contributed by atoms with E-state index in [0.29, 0.717) is 0 Å². The van der Waals surface area contributed by atoms with Crippen LogP contribution in [0, 0.1) is 0 Å². The normalized spacial score (nSPS) is 12.0. The summed E-state index contributed by atoms with van der Waals surface area (Å²) in [6.45, 7) is 5.34. The number of ether oxygens (including phenoxy) is 2. The van der Waals surface area contributed by atoms with E-state index < -0.39 is 29.7 Å². The minimum Gasteiger partial charge on any atom is -0.458 e. The number of carbonyl (C=O) groups is 3.